The van der Waals surface area contributed by atoms with Crippen molar-refractivity contribution in [3.8, 4) is 22.8 Å². The van der Waals surface area contributed by atoms with Crippen LogP contribution in [0, 0.1) is 13.8 Å². The first-order valence-electron chi connectivity index (χ1n) is 13.8. The van der Waals surface area contributed by atoms with Gasteiger partial charge in [0.05, 0.1) is 5.69 Å². The molecule has 0 bridgehead atoms. The number of hydrogen-bond donors (Lipinski definition) is 1. The highest BCUT2D eigenvalue weighted by atomic mass is 32.2. The lowest BCUT2D eigenvalue weighted by Crippen LogP contribution is -2.29. The molecule has 0 spiro atoms. The molecule has 1 N–H and O–H groups in total. The number of nitrogens with zero attached hydrogens (tertiary/aromatic N) is 5. The Morgan fingerprint density at radius 1 is 1.07 bits per heavy atom. The molecule has 0 saturated carbocycles. The second-order valence-electron chi connectivity index (χ2n) is 10.2. The van der Waals surface area contributed by atoms with E-state index in [2.05, 4.69) is 62.9 Å². The van der Waals surface area contributed by atoms with Gasteiger partial charge in [-0.2, -0.15) is 4.99 Å². The second-order valence-corrected chi connectivity index (χ2v) is 11.3. The highest BCUT2D eigenvalue weighted by Crippen LogP contribution is 2.31. The van der Waals surface area contributed by atoms with Crippen LogP contribution >= 0.6 is 11.8 Å². The molecule has 224 valence electrons. The van der Waals surface area contributed by atoms with Crippen molar-refractivity contribution in [3.63, 3.8) is 0 Å². The molecule has 12 heteroatoms. The van der Waals surface area contributed by atoms with Crippen LogP contribution in [0.4, 0.5) is 23.7 Å². The number of carbonyl (C=O) groups excluding carboxylic acids is 1. The molecule has 4 aromatic rings. The molecule has 3 aromatic carbocycles. The molecule has 1 atom stereocenters. The van der Waals surface area contributed by atoms with Crippen LogP contribution in [0.1, 0.15) is 36.0 Å². The van der Waals surface area contributed by atoms with E-state index < -0.39 is 6.36 Å². The predicted molar refractivity (Wildman–Crippen MR) is 163 cm³/mol. The van der Waals surface area contributed by atoms with Gasteiger partial charge in [-0.05, 0) is 67.1 Å². The molecule has 1 aliphatic rings. The number of halogens is 3. The molecule has 0 radical (unpaired) electrons. The maximum absolute atomic E-state index is 12.6. The van der Waals surface area contributed by atoms with E-state index in [-0.39, 0.29) is 17.7 Å². The third-order valence-corrected chi connectivity index (χ3v) is 8.06. The van der Waals surface area contributed by atoms with E-state index in [1.807, 2.05) is 30.3 Å². The smallest absolute Gasteiger partial charge is 0.406 e. The average Bonchev–Trinajstić information content (AvgIpc) is 3.63. The van der Waals surface area contributed by atoms with Crippen molar-refractivity contribution in [1.82, 2.24) is 20.1 Å². The Morgan fingerprint density at radius 2 is 1.77 bits per heavy atom. The monoisotopic (exact) mass is 608 g/mol. The zero-order valence-electron chi connectivity index (χ0n) is 23.9. The summed E-state index contributed by atoms with van der Waals surface area (Å²) in [5.41, 5.74) is 5.90. The number of benzene rings is 3. The van der Waals surface area contributed by atoms with Gasteiger partial charge in [-0.25, -0.2) is 14.5 Å². The number of anilines is 1. The average molecular weight is 609 g/mol. The number of ether oxygens (including phenoxy) is 1. The molecular formula is C31H31F3N6O2S. The summed E-state index contributed by atoms with van der Waals surface area (Å²) in [4.78, 5) is 23.5. The lowest BCUT2D eigenvalue weighted by molar-refractivity contribution is -0.274. The van der Waals surface area contributed by atoms with Crippen LogP contribution in [0.5, 0.6) is 5.75 Å². The summed E-state index contributed by atoms with van der Waals surface area (Å²) in [6, 6.07) is 19.1. The van der Waals surface area contributed by atoms with E-state index in [1.54, 1.807) is 11.8 Å². The minimum atomic E-state index is -4.74. The van der Waals surface area contributed by atoms with E-state index in [0.29, 0.717) is 18.1 Å². The molecule has 1 aliphatic heterocycles. The fourth-order valence-corrected chi connectivity index (χ4v) is 5.85. The first-order valence-corrected chi connectivity index (χ1v) is 14.8. The first-order chi connectivity index (χ1) is 20.6. The van der Waals surface area contributed by atoms with Gasteiger partial charge < -0.3 is 15.0 Å². The standard InChI is InChI=1S/C31H31F3N6O2S/c1-20(15-16-35-29(41)37-30-39(17-18-43-30)27-21(2)5-4-6-22(27)3)23-7-9-24(10-8-23)28-36-19-40(38-28)25-11-13-26(14-12-25)42-31(32,33)34/h4-14,19-20H,15-18H2,1-3H3,(H,35,41)/b37-30-. The van der Waals surface area contributed by atoms with Gasteiger partial charge in [-0.1, -0.05) is 61.2 Å². The SMILES string of the molecule is Cc1cccc(C)c1N1CCS/C1=N\C(=O)NCCC(C)c1ccc(-c2ncn(-c3ccc(OC(F)(F)F)cc3)n2)cc1. The van der Waals surface area contributed by atoms with E-state index in [4.69, 9.17) is 0 Å². The Bertz CT molecular complexity index is 1580. The van der Waals surface area contributed by atoms with Crippen LogP contribution in [0.2, 0.25) is 0 Å². The van der Waals surface area contributed by atoms with Gasteiger partial charge in [-0.3, -0.25) is 0 Å². The summed E-state index contributed by atoms with van der Waals surface area (Å²) in [5, 5.41) is 8.11. The van der Waals surface area contributed by atoms with Gasteiger partial charge in [-0.15, -0.1) is 18.3 Å². The first kappa shape index (κ1) is 30.1. The second kappa shape index (κ2) is 12.9. The zero-order valence-corrected chi connectivity index (χ0v) is 24.7. The number of urea groups is 1. The summed E-state index contributed by atoms with van der Waals surface area (Å²) in [7, 11) is 0. The van der Waals surface area contributed by atoms with Crippen LogP contribution in [0.15, 0.2) is 78.0 Å². The van der Waals surface area contributed by atoms with Gasteiger partial charge in [0.1, 0.15) is 12.1 Å². The fourth-order valence-electron chi connectivity index (χ4n) is 4.90. The van der Waals surface area contributed by atoms with E-state index in [1.165, 1.54) is 35.3 Å². The topological polar surface area (TPSA) is 84.6 Å². The van der Waals surface area contributed by atoms with Gasteiger partial charge in [0, 0.05) is 30.1 Å². The number of nitrogens with one attached hydrogen (secondary N) is 1. The lowest BCUT2D eigenvalue weighted by atomic mass is 9.96. The largest absolute Gasteiger partial charge is 0.573 e. The Kier molecular flexibility index (Phi) is 9.05. The minimum Gasteiger partial charge on any atom is -0.406 e. The quantitative estimate of drug-likeness (QED) is 0.227. The van der Waals surface area contributed by atoms with Crippen LogP contribution in [0.25, 0.3) is 17.1 Å². The molecule has 2 heterocycles. The summed E-state index contributed by atoms with van der Waals surface area (Å²) >= 11 is 1.59. The van der Waals surface area contributed by atoms with Crippen molar-refractivity contribution in [2.24, 2.45) is 4.99 Å². The van der Waals surface area contributed by atoms with Gasteiger partial charge in [0.2, 0.25) is 0 Å². The summed E-state index contributed by atoms with van der Waals surface area (Å²) in [6.45, 7) is 7.55. The highest BCUT2D eigenvalue weighted by Gasteiger charge is 2.31. The number of amidine groups is 1. The maximum atomic E-state index is 12.6. The van der Waals surface area contributed by atoms with Crippen molar-refractivity contribution in [2.75, 3.05) is 23.7 Å². The summed E-state index contributed by atoms with van der Waals surface area (Å²) in [5.74, 6) is 1.26. The van der Waals surface area contributed by atoms with Crippen LogP contribution in [-0.2, 0) is 0 Å². The molecule has 1 saturated heterocycles. The van der Waals surface area contributed by atoms with Crippen molar-refractivity contribution >= 4 is 28.6 Å². The van der Waals surface area contributed by atoms with E-state index in [9.17, 15) is 18.0 Å². The highest BCUT2D eigenvalue weighted by molar-refractivity contribution is 8.14. The number of alkyl halides is 3. The summed E-state index contributed by atoms with van der Waals surface area (Å²) < 4.78 is 42.6. The summed E-state index contributed by atoms with van der Waals surface area (Å²) in [6.07, 6.45) is -2.50. The zero-order chi connectivity index (χ0) is 30.6. The Morgan fingerprint density at radius 3 is 2.44 bits per heavy atom. The predicted octanol–water partition coefficient (Wildman–Crippen LogP) is 7.26. The molecule has 1 unspecified atom stereocenters. The molecule has 8 nitrogen and oxygen atoms in total. The van der Waals surface area contributed by atoms with Gasteiger partial charge in [0.25, 0.3) is 0 Å². The van der Waals surface area contributed by atoms with Crippen molar-refractivity contribution < 1.29 is 22.7 Å². The van der Waals surface area contributed by atoms with Crippen molar-refractivity contribution in [1.29, 1.82) is 0 Å². The number of aryl methyl sites for hydroxylation is 2. The number of carbonyl (C=O) groups is 1. The van der Waals surface area contributed by atoms with E-state index >= 15 is 0 Å². The number of thioether (sulfide) groups is 1. The Hall–Kier alpha value is -4.32. The molecule has 5 rings (SSSR count). The maximum Gasteiger partial charge on any atom is 0.573 e. The molecule has 43 heavy (non-hydrogen) atoms. The minimum absolute atomic E-state index is 0.192. The normalized spacial score (nSPS) is 15.1. The number of rotatable bonds is 8. The molecule has 1 fully saturated rings. The van der Waals surface area contributed by atoms with Crippen molar-refractivity contribution in [3.05, 3.63) is 89.7 Å². The van der Waals surface area contributed by atoms with Crippen LogP contribution in [0.3, 0.4) is 0 Å². The fraction of sp³-hybridized carbons (Fsp3) is 0.290. The number of para-hydroxylation sites is 1. The van der Waals surface area contributed by atoms with Crippen LogP contribution in [-0.4, -0.2) is 51.2 Å². The van der Waals surface area contributed by atoms with Crippen LogP contribution < -0.4 is 15.0 Å². The number of aromatic nitrogens is 3. The third kappa shape index (κ3) is 7.56. The van der Waals surface area contributed by atoms with Crippen molar-refractivity contribution in [2.45, 2.75) is 39.5 Å². The number of hydrogen-bond acceptors (Lipinski definition) is 5. The Labute approximate surface area is 252 Å². The molecule has 0 aliphatic carbocycles. The molecule has 1 aromatic heterocycles. The number of aliphatic imine (C=N–C) groups is 1. The third-order valence-electron chi connectivity index (χ3n) is 7.10. The molecular weight excluding hydrogens is 577 g/mol. The molecule has 2 amide bonds. The Balaban J connectivity index is 1.14. The van der Waals surface area contributed by atoms with E-state index in [0.717, 1.165) is 51.8 Å². The lowest BCUT2D eigenvalue weighted by Gasteiger charge is -2.22. The number of amides is 2. The van der Waals surface area contributed by atoms with Gasteiger partial charge in [0.15, 0.2) is 11.0 Å². The van der Waals surface area contributed by atoms with Gasteiger partial charge >= 0.3 is 12.4 Å².